The summed E-state index contributed by atoms with van der Waals surface area (Å²) in [5.74, 6) is -0.129. The number of primary sulfonamides is 1. The number of hydrogen-bond acceptors (Lipinski definition) is 5. The Hall–Kier alpha value is -2.29. The lowest BCUT2D eigenvalue weighted by Crippen LogP contribution is -2.49. The van der Waals surface area contributed by atoms with E-state index in [-0.39, 0.29) is 22.1 Å². The number of sulfonamides is 1. The molecule has 0 radical (unpaired) electrons. The molecule has 0 unspecified atom stereocenters. The number of ether oxygens (including phenoxy) is 1. The number of anilines is 1. The number of carbonyl (C=O) groups is 1. The van der Waals surface area contributed by atoms with E-state index in [2.05, 4.69) is 4.90 Å². The number of aryl methyl sites for hydroxylation is 1. The highest BCUT2D eigenvalue weighted by molar-refractivity contribution is 7.89. The van der Waals surface area contributed by atoms with Gasteiger partial charge in [0.2, 0.25) is 10.0 Å². The number of rotatable bonds is 4. The fourth-order valence-electron chi connectivity index (χ4n) is 3.29. The van der Waals surface area contributed by atoms with Gasteiger partial charge in [0, 0.05) is 42.5 Å². The van der Waals surface area contributed by atoms with Gasteiger partial charge in [-0.05, 0) is 42.8 Å². The van der Waals surface area contributed by atoms with Crippen molar-refractivity contribution < 1.29 is 17.9 Å². The summed E-state index contributed by atoms with van der Waals surface area (Å²) in [6.45, 7) is 4.37. The predicted octanol–water partition coefficient (Wildman–Crippen LogP) is 2.27. The Bertz CT molecular complexity index is 1000. The number of nitrogens with two attached hydrogens (primary N) is 1. The molecule has 1 aliphatic rings. The standard InChI is InChI=1S/C19H22ClN3O4S/c1-13-3-5-15(20)12-16(13)22-7-9-23(10-8-22)19(24)14-4-6-17(27-2)18(11-14)28(21,25)26/h3-6,11-12H,7-10H2,1-2H3,(H2,21,25,26). The quantitative estimate of drug-likeness (QED) is 0.814. The van der Waals surface area contributed by atoms with E-state index in [1.165, 1.54) is 19.2 Å². The minimum Gasteiger partial charge on any atom is -0.495 e. The van der Waals surface area contributed by atoms with Crippen LogP contribution in [-0.4, -0.2) is 52.5 Å². The maximum absolute atomic E-state index is 12.9. The maximum Gasteiger partial charge on any atom is 0.254 e. The van der Waals surface area contributed by atoms with Gasteiger partial charge in [-0.15, -0.1) is 0 Å². The highest BCUT2D eigenvalue weighted by Gasteiger charge is 2.25. The van der Waals surface area contributed by atoms with Gasteiger partial charge in [-0.1, -0.05) is 17.7 Å². The number of hydrogen-bond donors (Lipinski definition) is 1. The number of amides is 1. The third-order valence-electron chi connectivity index (χ3n) is 4.80. The van der Waals surface area contributed by atoms with Gasteiger partial charge in [0.25, 0.3) is 5.91 Å². The van der Waals surface area contributed by atoms with Crippen LogP contribution >= 0.6 is 11.6 Å². The number of carbonyl (C=O) groups excluding carboxylic acids is 1. The summed E-state index contributed by atoms with van der Waals surface area (Å²) >= 11 is 6.11. The van der Waals surface area contributed by atoms with Crippen molar-refractivity contribution in [3.05, 3.63) is 52.5 Å². The van der Waals surface area contributed by atoms with Crippen molar-refractivity contribution >= 4 is 33.2 Å². The fourth-order valence-corrected chi connectivity index (χ4v) is 4.18. The zero-order valence-electron chi connectivity index (χ0n) is 15.7. The number of nitrogens with zero attached hydrogens (tertiary/aromatic N) is 2. The van der Waals surface area contributed by atoms with Crippen molar-refractivity contribution in [1.29, 1.82) is 0 Å². The van der Waals surface area contributed by atoms with E-state index in [1.807, 2.05) is 25.1 Å². The molecule has 2 N–H and O–H groups in total. The third-order valence-corrected chi connectivity index (χ3v) is 5.96. The van der Waals surface area contributed by atoms with Gasteiger partial charge >= 0.3 is 0 Å². The third kappa shape index (κ3) is 4.24. The average Bonchev–Trinajstić information content (AvgIpc) is 2.68. The van der Waals surface area contributed by atoms with E-state index < -0.39 is 10.0 Å². The summed E-state index contributed by atoms with van der Waals surface area (Å²) in [6, 6.07) is 10.0. The van der Waals surface area contributed by atoms with Crippen LogP contribution in [0.25, 0.3) is 0 Å². The van der Waals surface area contributed by atoms with E-state index in [4.69, 9.17) is 21.5 Å². The lowest BCUT2D eigenvalue weighted by Gasteiger charge is -2.37. The summed E-state index contributed by atoms with van der Waals surface area (Å²) in [7, 11) is -2.65. The highest BCUT2D eigenvalue weighted by Crippen LogP contribution is 2.27. The summed E-state index contributed by atoms with van der Waals surface area (Å²) in [5.41, 5.74) is 2.44. The van der Waals surface area contributed by atoms with Crippen molar-refractivity contribution in [2.75, 3.05) is 38.2 Å². The molecule has 1 aliphatic heterocycles. The summed E-state index contributed by atoms with van der Waals surface area (Å²) in [5, 5.41) is 5.91. The van der Waals surface area contributed by atoms with Crippen LogP contribution in [0.5, 0.6) is 5.75 Å². The molecular weight excluding hydrogens is 402 g/mol. The summed E-state index contributed by atoms with van der Waals surface area (Å²) < 4.78 is 28.6. The topological polar surface area (TPSA) is 92.9 Å². The number of halogens is 1. The van der Waals surface area contributed by atoms with Crippen LogP contribution < -0.4 is 14.8 Å². The molecule has 1 saturated heterocycles. The van der Waals surface area contributed by atoms with Gasteiger partial charge in [0.1, 0.15) is 10.6 Å². The Balaban J connectivity index is 1.76. The highest BCUT2D eigenvalue weighted by atomic mass is 35.5. The molecule has 28 heavy (non-hydrogen) atoms. The van der Waals surface area contributed by atoms with Crippen LogP contribution in [0.3, 0.4) is 0 Å². The second-order valence-corrected chi connectivity index (χ2v) is 8.59. The summed E-state index contributed by atoms with van der Waals surface area (Å²) in [6.07, 6.45) is 0. The second-order valence-electron chi connectivity index (χ2n) is 6.62. The minimum absolute atomic E-state index is 0.111. The van der Waals surface area contributed by atoms with Crippen LogP contribution in [0.2, 0.25) is 5.02 Å². The van der Waals surface area contributed by atoms with Crippen molar-refractivity contribution in [2.24, 2.45) is 5.14 Å². The van der Waals surface area contributed by atoms with Crippen molar-refractivity contribution in [3.8, 4) is 5.75 Å². The van der Waals surface area contributed by atoms with Crippen LogP contribution in [0.15, 0.2) is 41.3 Å². The first-order chi connectivity index (χ1) is 13.2. The number of methoxy groups -OCH3 is 1. The fraction of sp³-hybridized carbons (Fsp3) is 0.316. The smallest absolute Gasteiger partial charge is 0.254 e. The van der Waals surface area contributed by atoms with Crippen molar-refractivity contribution in [1.82, 2.24) is 4.90 Å². The molecule has 0 bridgehead atoms. The largest absolute Gasteiger partial charge is 0.495 e. The van der Waals surface area contributed by atoms with Gasteiger partial charge in [-0.3, -0.25) is 4.79 Å². The molecule has 0 atom stereocenters. The molecule has 2 aromatic carbocycles. The molecule has 9 heteroatoms. The lowest BCUT2D eigenvalue weighted by atomic mass is 10.1. The van der Waals surface area contributed by atoms with Crippen LogP contribution in [0.4, 0.5) is 5.69 Å². The minimum atomic E-state index is -4.00. The van der Waals surface area contributed by atoms with E-state index in [0.29, 0.717) is 31.2 Å². The Kier molecular flexibility index (Phi) is 5.83. The Labute approximate surface area is 169 Å². The molecule has 1 fully saturated rings. The molecule has 1 heterocycles. The van der Waals surface area contributed by atoms with Crippen LogP contribution in [-0.2, 0) is 10.0 Å². The first-order valence-electron chi connectivity index (χ1n) is 8.72. The van der Waals surface area contributed by atoms with E-state index in [9.17, 15) is 13.2 Å². The average molecular weight is 424 g/mol. The number of piperazine rings is 1. The van der Waals surface area contributed by atoms with Crippen molar-refractivity contribution in [2.45, 2.75) is 11.8 Å². The zero-order chi connectivity index (χ0) is 20.5. The van der Waals surface area contributed by atoms with Crippen LogP contribution in [0.1, 0.15) is 15.9 Å². The molecule has 150 valence electrons. The summed E-state index contributed by atoms with van der Waals surface area (Å²) in [4.78, 5) is 16.5. The zero-order valence-corrected chi connectivity index (χ0v) is 17.3. The van der Waals surface area contributed by atoms with E-state index in [1.54, 1.807) is 11.0 Å². The van der Waals surface area contributed by atoms with Gasteiger partial charge in [0.05, 0.1) is 7.11 Å². The number of benzene rings is 2. The van der Waals surface area contributed by atoms with Crippen LogP contribution in [0, 0.1) is 6.92 Å². The van der Waals surface area contributed by atoms with Gasteiger partial charge in [0.15, 0.2) is 0 Å². The molecule has 0 spiro atoms. The van der Waals surface area contributed by atoms with Gasteiger partial charge in [-0.2, -0.15) is 0 Å². The molecule has 0 aromatic heterocycles. The Morgan fingerprint density at radius 2 is 1.79 bits per heavy atom. The first kappa shape index (κ1) is 20.4. The van der Waals surface area contributed by atoms with Gasteiger partial charge < -0.3 is 14.5 Å². The molecular formula is C19H22ClN3O4S. The predicted molar refractivity (Wildman–Crippen MR) is 109 cm³/mol. The molecule has 3 rings (SSSR count). The molecule has 1 amide bonds. The van der Waals surface area contributed by atoms with Crippen molar-refractivity contribution in [3.63, 3.8) is 0 Å². The first-order valence-corrected chi connectivity index (χ1v) is 10.6. The van der Waals surface area contributed by atoms with E-state index >= 15 is 0 Å². The monoisotopic (exact) mass is 423 g/mol. The second kappa shape index (κ2) is 7.98. The molecule has 0 aliphatic carbocycles. The van der Waals surface area contributed by atoms with Gasteiger partial charge in [-0.25, -0.2) is 13.6 Å². The van der Waals surface area contributed by atoms with E-state index in [0.717, 1.165) is 11.3 Å². The molecule has 0 saturated carbocycles. The maximum atomic E-state index is 12.9. The lowest BCUT2D eigenvalue weighted by molar-refractivity contribution is 0.0746. The molecule has 7 nitrogen and oxygen atoms in total. The Morgan fingerprint density at radius 1 is 1.11 bits per heavy atom. The molecule has 2 aromatic rings. The SMILES string of the molecule is COc1ccc(C(=O)N2CCN(c3cc(Cl)ccc3C)CC2)cc1S(N)(=O)=O. The normalized spacial score (nSPS) is 14.9. The Morgan fingerprint density at radius 3 is 2.39 bits per heavy atom.